The summed E-state index contributed by atoms with van der Waals surface area (Å²) in [6.45, 7) is 0.0533. The summed E-state index contributed by atoms with van der Waals surface area (Å²) in [4.78, 5) is 21.2. The zero-order valence-corrected chi connectivity index (χ0v) is 8.10. The van der Waals surface area contributed by atoms with Gasteiger partial charge in [-0.05, 0) is 6.07 Å². The van der Waals surface area contributed by atoms with Gasteiger partial charge in [0, 0.05) is 18.2 Å². The highest BCUT2D eigenvalue weighted by Gasteiger charge is 2.16. The van der Waals surface area contributed by atoms with Crippen LogP contribution in [0.25, 0.3) is 0 Å². The van der Waals surface area contributed by atoms with Crippen LogP contribution >= 0.6 is 0 Å². The summed E-state index contributed by atoms with van der Waals surface area (Å²) in [6.07, 6.45) is 0. The first-order valence-corrected chi connectivity index (χ1v) is 4.16. The van der Waals surface area contributed by atoms with Crippen LogP contribution in [-0.4, -0.2) is 18.0 Å². The lowest BCUT2D eigenvalue weighted by Gasteiger charge is -2.02. The van der Waals surface area contributed by atoms with E-state index in [4.69, 9.17) is 5.73 Å². The predicted molar refractivity (Wildman–Crippen MR) is 52.3 cm³/mol. The summed E-state index contributed by atoms with van der Waals surface area (Å²) >= 11 is 0. The Hall–Kier alpha value is -1.95. The van der Waals surface area contributed by atoms with Crippen LogP contribution in [0.3, 0.4) is 0 Å². The summed E-state index contributed by atoms with van der Waals surface area (Å²) in [6, 6.07) is 4.06. The molecule has 0 aliphatic rings. The highest BCUT2D eigenvalue weighted by Crippen LogP contribution is 2.20. The Bertz CT molecular complexity index is 403. The number of hydrogen-bond donors (Lipinski definition) is 1. The molecule has 0 saturated heterocycles. The van der Waals surface area contributed by atoms with Gasteiger partial charge in [-0.15, -0.1) is 0 Å². The first-order chi connectivity index (χ1) is 7.10. The number of esters is 1. The van der Waals surface area contributed by atoms with Gasteiger partial charge in [-0.25, -0.2) is 4.79 Å². The number of nitrogens with two attached hydrogens (primary N) is 1. The predicted octanol–water partition coefficient (Wildman–Crippen LogP) is 0.840. The Morgan fingerprint density at radius 1 is 1.60 bits per heavy atom. The first-order valence-electron chi connectivity index (χ1n) is 4.16. The van der Waals surface area contributed by atoms with E-state index in [2.05, 4.69) is 4.74 Å². The monoisotopic (exact) mass is 210 g/mol. The number of rotatable bonds is 3. The summed E-state index contributed by atoms with van der Waals surface area (Å²) in [5.41, 5.74) is 5.68. The van der Waals surface area contributed by atoms with Crippen molar-refractivity contribution in [2.24, 2.45) is 5.73 Å². The van der Waals surface area contributed by atoms with Gasteiger partial charge in [0.2, 0.25) is 0 Å². The molecular weight excluding hydrogens is 200 g/mol. The molecule has 1 rings (SSSR count). The molecule has 0 aliphatic heterocycles. The molecule has 0 heterocycles. The van der Waals surface area contributed by atoms with Gasteiger partial charge in [-0.3, -0.25) is 10.1 Å². The van der Waals surface area contributed by atoms with E-state index in [1.165, 1.54) is 19.2 Å². The van der Waals surface area contributed by atoms with Crippen LogP contribution in [0.1, 0.15) is 15.9 Å². The van der Waals surface area contributed by atoms with Crippen LogP contribution in [0.4, 0.5) is 5.69 Å². The molecule has 2 N–H and O–H groups in total. The van der Waals surface area contributed by atoms with Crippen molar-refractivity contribution in [3.63, 3.8) is 0 Å². The van der Waals surface area contributed by atoms with Crippen molar-refractivity contribution in [2.75, 3.05) is 7.11 Å². The molecule has 15 heavy (non-hydrogen) atoms. The molecule has 0 fully saturated rings. The lowest BCUT2D eigenvalue weighted by molar-refractivity contribution is -0.385. The SMILES string of the molecule is COC(=O)c1ccc(CN)c([N+](=O)[O-])c1. The second-order valence-electron chi connectivity index (χ2n) is 2.80. The zero-order chi connectivity index (χ0) is 11.4. The van der Waals surface area contributed by atoms with E-state index in [9.17, 15) is 14.9 Å². The van der Waals surface area contributed by atoms with E-state index in [1.807, 2.05) is 0 Å². The maximum absolute atomic E-state index is 11.1. The summed E-state index contributed by atoms with van der Waals surface area (Å²) < 4.78 is 4.45. The summed E-state index contributed by atoms with van der Waals surface area (Å²) in [7, 11) is 1.21. The van der Waals surface area contributed by atoms with Crippen LogP contribution in [0.5, 0.6) is 0 Å². The van der Waals surface area contributed by atoms with Gasteiger partial charge in [0.1, 0.15) is 0 Å². The fraction of sp³-hybridized carbons (Fsp3) is 0.222. The fourth-order valence-corrected chi connectivity index (χ4v) is 1.15. The molecule has 1 aromatic carbocycles. The van der Waals surface area contributed by atoms with Gasteiger partial charge in [0.25, 0.3) is 5.69 Å². The van der Waals surface area contributed by atoms with Crippen LogP contribution in [0, 0.1) is 10.1 Å². The van der Waals surface area contributed by atoms with Crippen molar-refractivity contribution in [3.05, 3.63) is 39.4 Å². The molecule has 80 valence electrons. The van der Waals surface area contributed by atoms with Gasteiger partial charge in [-0.2, -0.15) is 0 Å². The smallest absolute Gasteiger partial charge is 0.338 e. The minimum atomic E-state index is -0.610. The second kappa shape index (κ2) is 4.52. The van der Waals surface area contributed by atoms with Gasteiger partial charge < -0.3 is 10.5 Å². The maximum atomic E-state index is 11.1. The molecule has 6 heteroatoms. The van der Waals surface area contributed by atoms with E-state index in [0.717, 1.165) is 6.07 Å². The highest BCUT2D eigenvalue weighted by atomic mass is 16.6. The van der Waals surface area contributed by atoms with Crippen molar-refractivity contribution in [3.8, 4) is 0 Å². The number of nitrogens with zero attached hydrogens (tertiary/aromatic N) is 1. The molecule has 0 atom stereocenters. The third-order valence-electron chi connectivity index (χ3n) is 1.92. The Labute approximate surface area is 85.8 Å². The quantitative estimate of drug-likeness (QED) is 0.453. The number of ether oxygens (including phenoxy) is 1. The van der Waals surface area contributed by atoms with E-state index in [0.29, 0.717) is 5.56 Å². The summed E-state index contributed by atoms with van der Waals surface area (Å²) in [5, 5.41) is 10.6. The lowest BCUT2D eigenvalue weighted by atomic mass is 10.1. The van der Waals surface area contributed by atoms with Crippen molar-refractivity contribution >= 4 is 11.7 Å². The molecule has 1 aromatic rings. The van der Waals surface area contributed by atoms with Crippen molar-refractivity contribution in [2.45, 2.75) is 6.54 Å². The van der Waals surface area contributed by atoms with E-state index >= 15 is 0 Å². The molecule has 0 spiro atoms. The highest BCUT2D eigenvalue weighted by molar-refractivity contribution is 5.90. The Kier molecular flexibility index (Phi) is 3.35. The average molecular weight is 210 g/mol. The van der Waals surface area contributed by atoms with Crippen LogP contribution in [-0.2, 0) is 11.3 Å². The van der Waals surface area contributed by atoms with Gasteiger partial charge >= 0.3 is 5.97 Å². The molecule has 6 nitrogen and oxygen atoms in total. The Morgan fingerprint density at radius 3 is 2.73 bits per heavy atom. The van der Waals surface area contributed by atoms with Crippen LogP contribution < -0.4 is 5.73 Å². The summed E-state index contributed by atoms with van der Waals surface area (Å²) in [5.74, 6) is -0.610. The molecule has 0 unspecified atom stereocenters. The number of nitro groups is 1. The van der Waals surface area contributed by atoms with E-state index < -0.39 is 10.9 Å². The largest absolute Gasteiger partial charge is 0.465 e. The van der Waals surface area contributed by atoms with E-state index in [-0.39, 0.29) is 17.8 Å². The third kappa shape index (κ3) is 2.29. The molecule has 0 amide bonds. The van der Waals surface area contributed by atoms with Gasteiger partial charge in [-0.1, -0.05) is 6.07 Å². The number of methoxy groups -OCH3 is 1. The fourth-order valence-electron chi connectivity index (χ4n) is 1.15. The standard InChI is InChI=1S/C9H10N2O4/c1-15-9(12)6-2-3-7(5-10)8(4-6)11(13)14/h2-4H,5,10H2,1H3. The average Bonchev–Trinajstić information content (AvgIpc) is 2.27. The van der Waals surface area contributed by atoms with Gasteiger partial charge in [0.15, 0.2) is 0 Å². The maximum Gasteiger partial charge on any atom is 0.338 e. The van der Waals surface area contributed by atoms with Crippen molar-refractivity contribution < 1.29 is 14.5 Å². The van der Waals surface area contributed by atoms with E-state index in [1.54, 1.807) is 0 Å². The number of carbonyl (C=O) groups is 1. The van der Waals surface area contributed by atoms with Crippen molar-refractivity contribution in [1.29, 1.82) is 0 Å². The Morgan fingerprint density at radius 2 is 2.27 bits per heavy atom. The molecule has 0 bridgehead atoms. The van der Waals surface area contributed by atoms with Crippen LogP contribution in [0.2, 0.25) is 0 Å². The molecule has 0 saturated carbocycles. The number of carbonyl (C=O) groups excluding carboxylic acids is 1. The third-order valence-corrected chi connectivity index (χ3v) is 1.92. The van der Waals surface area contributed by atoms with Gasteiger partial charge in [0.05, 0.1) is 17.6 Å². The second-order valence-corrected chi connectivity index (χ2v) is 2.80. The number of hydrogen-bond acceptors (Lipinski definition) is 5. The minimum absolute atomic E-state index is 0.0533. The lowest BCUT2D eigenvalue weighted by Crippen LogP contribution is -2.06. The molecular formula is C9H10N2O4. The number of benzene rings is 1. The topological polar surface area (TPSA) is 95.5 Å². The molecule has 0 aromatic heterocycles. The van der Waals surface area contributed by atoms with Crippen molar-refractivity contribution in [1.82, 2.24) is 0 Å². The number of nitro benzene ring substituents is 1. The molecule has 0 radical (unpaired) electrons. The first kappa shape index (κ1) is 11.1. The van der Waals surface area contributed by atoms with Crippen LogP contribution in [0.15, 0.2) is 18.2 Å². The zero-order valence-electron chi connectivity index (χ0n) is 8.10. The normalized spacial score (nSPS) is 9.73. The molecule has 0 aliphatic carbocycles. The Balaban J connectivity index is 3.22. The minimum Gasteiger partial charge on any atom is -0.465 e.